The maximum Gasteiger partial charge on any atom is 0.513 e. The van der Waals surface area contributed by atoms with Crippen molar-refractivity contribution in [2.24, 2.45) is 0 Å². The van der Waals surface area contributed by atoms with E-state index < -0.39 is 6.16 Å². The summed E-state index contributed by atoms with van der Waals surface area (Å²) in [4.78, 5) is 37.9. The quantitative estimate of drug-likeness (QED) is 0.184. The summed E-state index contributed by atoms with van der Waals surface area (Å²) in [5, 5.41) is 6.30. The van der Waals surface area contributed by atoms with Crippen LogP contribution in [-0.4, -0.2) is 66.3 Å². The molecule has 0 spiro atoms. The predicted octanol–water partition coefficient (Wildman–Crippen LogP) is 3.58. The molecule has 3 N–H and O–H groups in total. The Morgan fingerprint density at radius 2 is 1.84 bits per heavy atom. The number of carbonyl (C=O) groups is 2. The van der Waals surface area contributed by atoms with Gasteiger partial charge < -0.3 is 25.0 Å². The molecule has 2 aromatic carbocycles. The van der Waals surface area contributed by atoms with Crippen molar-refractivity contribution < 1.29 is 28.5 Å². The van der Waals surface area contributed by atoms with Crippen molar-refractivity contribution in [2.75, 3.05) is 43.9 Å². The van der Waals surface area contributed by atoms with Crippen LogP contribution in [0.2, 0.25) is 0 Å². The minimum atomic E-state index is -0.722. The zero-order valence-corrected chi connectivity index (χ0v) is 26.2. The van der Waals surface area contributed by atoms with Crippen LogP contribution in [0.1, 0.15) is 35.3 Å². The van der Waals surface area contributed by atoms with Gasteiger partial charge in [-0.1, -0.05) is 18.2 Å². The van der Waals surface area contributed by atoms with Crippen LogP contribution < -0.4 is 20.1 Å². The molecule has 11 nitrogen and oxygen atoms in total. The van der Waals surface area contributed by atoms with E-state index in [4.69, 9.17) is 9.47 Å². The Morgan fingerprint density at radius 1 is 1.07 bits per heavy atom. The summed E-state index contributed by atoms with van der Waals surface area (Å²) in [5.74, 6) is 0.236. The first-order chi connectivity index (χ1) is 21.7. The van der Waals surface area contributed by atoms with Crippen molar-refractivity contribution in [3.8, 4) is 11.3 Å². The van der Waals surface area contributed by atoms with Crippen LogP contribution in [0.25, 0.3) is 11.3 Å². The highest BCUT2D eigenvalue weighted by molar-refractivity contribution is 6.04. The number of amides is 1. The number of benzene rings is 2. The molecule has 0 unspecified atom stereocenters. The molecule has 0 radical (unpaired) electrons. The molecule has 1 aliphatic heterocycles. The molecule has 1 amide bonds. The van der Waals surface area contributed by atoms with Crippen molar-refractivity contribution >= 4 is 29.4 Å². The topological polar surface area (TPSA) is 114 Å². The maximum atomic E-state index is 13.1. The summed E-state index contributed by atoms with van der Waals surface area (Å²) in [7, 11) is 2.24. The zero-order chi connectivity index (χ0) is 31.8. The third kappa shape index (κ3) is 9.07. The van der Waals surface area contributed by atoms with E-state index in [2.05, 4.69) is 32.5 Å². The molecule has 1 aliphatic rings. The number of quaternary nitrogens is 1. The summed E-state index contributed by atoms with van der Waals surface area (Å²) in [5.41, 5.74) is 5.72. The molecule has 0 atom stereocenters. The number of aromatic nitrogens is 3. The monoisotopic (exact) mass is 611 g/mol. The predicted molar refractivity (Wildman–Crippen MR) is 171 cm³/mol. The van der Waals surface area contributed by atoms with E-state index in [9.17, 15) is 9.59 Å². The number of piperazine rings is 1. The number of aryl methyl sites for hydroxylation is 1. The smallest absolute Gasteiger partial charge is 0.431 e. The Balaban J connectivity index is 1.21. The van der Waals surface area contributed by atoms with E-state index in [1.54, 1.807) is 41.8 Å². The van der Waals surface area contributed by atoms with Crippen molar-refractivity contribution in [3.63, 3.8) is 0 Å². The SMILES string of the molecule is Cc1ccc(NC(=O)c2ccc(CN3CC[NH+](C)CC3)cc2)cc1Nc1nccc(-c2ccc[n+](COC(=O)OC(C)C)c2)n1. The Morgan fingerprint density at radius 3 is 2.60 bits per heavy atom. The van der Waals surface area contributed by atoms with E-state index in [1.807, 2.05) is 67.7 Å². The van der Waals surface area contributed by atoms with Gasteiger partial charge in [0.15, 0.2) is 12.4 Å². The number of hydrogen-bond acceptors (Lipinski definition) is 8. The molecule has 3 heterocycles. The van der Waals surface area contributed by atoms with Crippen LogP contribution in [0.15, 0.2) is 79.3 Å². The second-order valence-corrected chi connectivity index (χ2v) is 11.6. The van der Waals surface area contributed by atoms with Crippen molar-refractivity contribution in [1.82, 2.24) is 14.9 Å². The Labute approximate surface area is 263 Å². The average molecular weight is 612 g/mol. The van der Waals surface area contributed by atoms with Gasteiger partial charge in [0.1, 0.15) is 0 Å². The molecule has 2 aromatic heterocycles. The summed E-state index contributed by atoms with van der Waals surface area (Å²) >= 11 is 0. The summed E-state index contributed by atoms with van der Waals surface area (Å²) in [6, 6.07) is 19.1. The highest BCUT2D eigenvalue weighted by Gasteiger charge is 2.17. The largest absolute Gasteiger partial charge is 0.513 e. The first-order valence-corrected chi connectivity index (χ1v) is 15.2. The van der Waals surface area contributed by atoms with Gasteiger partial charge in [-0.15, -0.1) is 0 Å². The molecule has 0 bridgehead atoms. The standard InChI is InChI=1S/C34H39N7O4/c1-24(2)45-34(43)44-23-41-15-5-6-28(22-41)30-13-14-35-33(37-30)38-31-20-29(12-7-25(31)3)36-32(42)27-10-8-26(9-11-27)21-40-18-16-39(4)17-19-40/h5-15,20,22,24H,16-19,21,23H2,1-4H3,(H-,35,36,37,38,42)/p+2. The van der Waals surface area contributed by atoms with Gasteiger partial charge in [0, 0.05) is 48.8 Å². The Bertz CT molecular complexity index is 1620. The molecular weight excluding hydrogens is 570 g/mol. The van der Waals surface area contributed by atoms with Crippen molar-refractivity contribution in [2.45, 2.75) is 40.2 Å². The lowest BCUT2D eigenvalue weighted by Crippen LogP contribution is -3.11. The number of rotatable bonds is 10. The number of anilines is 3. The van der Waals surface area contributed by atoms with Gasteiger partial charge >= 0.3 is 6.16 Å². The number of ether oxygens (including phenoxy) is 2. The van der Waals surface area contributed by atoms with E-state index in [1.165, 1.54) is 5.56 Å². The minimum Gasteiger partial charge on any atom is -0.431 e. The normalized spacial score (nSPS) is 13.8. The van der Waals surface area contributed by atoms with Gasteiger partial charge in [-0.05, 0) is 68.3 Å². The van der Waals surface area contributed by atoms with Crippen molar-refractivity contribution in [1.29, 1.82) is 0 Å². The molecule has 5 rings (SSSR count). The fourth-order valence-corrected chi connectivity index (χ4v) is 4.96. The molecule has 4 aromatic rings. The van der Waals surface area contributed by atoms with E-state index in [-0.39, 0.29) is 18.7 Å². The molecule has 0 aliphatic carbocycles. The number of nitrogens with zero attached hydrogens (tertiary/aromatic N) is 4. The molecule has 11 heteroatoms. The van der Waals surface area contributed by atoms with Crippen LogP contribution in [0.4, 0.5) is 22.1 Å². The minimum absolute atomic E-state index is 0.00867. The van der Waals surface area contributed by atoms with Crippen molar-refractivity contribution in [3.05, 3.63) is 95.9 Å². The lowest BCUT2D eigenvalue weighted by Gasteiger charge is -2.29. The average Bonchev–Trinajstić information content (AvgIpc) is 3.03. The first-order valence-electron chi connectivity index (χ1n) is 15.2. The molecule has 1 saturated heterocycles. The lowest BCUT2D eigenvalue weighted by molar-refractivity contribution is -0.884. The lowest BCUT2D eigenvalue weighted by atomic mass is 10.1. The number of hydrogen-bond donors (Lipinski definition) is 3. The highest BCUT2D eigenvalue weighted by atomic mass is 16.7. The number of likely N-dealkylation sites (N-methyl/N-ethyl adjacent to an activating group) is 1. The second kappa shape index (κ2) is 14.7. The van der Waals surface area contributed by atoms with Crippen LogP contribution in [0.3, 0.4) is 0 Å². The molecule has 0 saturated carbocycles. The van der Waals surface area contributed by atoms with Crippen LogP contribution in [-0.2, 0) is 22.7 Å². The van der Waals surface area contributed by atoms with Crippen LogP contribution >= 0.6 is 0 Å². The van der Waals surface area contributed by atoms with Gasteiger partial charge in [-0.3, -0.25) is 9.69 Å². The van der Waals surface area contributed by atoms with Gasteiger partial charge in [0.25, 0.3) is 12.6 Å². The zero-order valence-electron chi connectivity index (χ0n) is 26.2. The molecular formula is C34H41N7O4+2. The summed E-state index contributed by atoms with van der Waals surface area (Å²) in [6.07, 6.45) is 4.32. The third-order valence-corrected chi connectivity index (χ3v) is 7.55. The Hall–Kier alpha value is -4.87. The van der Waals surface area contributed by atoms with Gasteiger partial charge in [0.05, 0.1) is 37.5 Å². The van der Waals surface area contributed by atoms with Crippen LogP contribution in [0.5, 0.6) is 0 Å². The second-order valence-electron chi connectivity index (χ2n) is 11.6. The number of nitrogens with one attached hydrogen (secondary N) is 3. The van der Waals surface area contributed by atoms with E-state index in [0.717, 1.165) is 49.5 Å². The maximum absolute atomic E-state index is 13.1. The number of pyridine rings is 1. The van der Waals surface area contributed by atoms with Crippen LogP contribution in [0, 0.1) is 6.92 Å². The van der Waals surface area contributed by atoms with Gasteiger partial charge in [0.2, 0.25) is 5.95 Å². The Kier molecular flexibility index (Phi) is 10.3. The first kappa shape index (κ1) is 31.6. The van der Waals surface area contributed by atoms with Gasteiger partial charge in [-0.25, -0.2) is 14.8 Å². The third-order valence-electron chi connectivity index (χ3n) is 7.55. The van der Waals surface area contributed by atoms with Gasteiger partial charge in [-0.2, -0.15) is 4.57 Å². The molecule has 1 fully saturated rings. The number of carbonyl (C=O) groups excluding carboxylic acids is 2. The fourth-order valence-electron chi connectivity index (χ4n) is 4.96. The molecule has 45 heavy (non-hydrogen) atoms. The van der Waals surface area contributed by atoms with E-state index >= 15 is 0 Å². The van der Waals surface area contributed by atoms with E-state index in [0.29, 0.717) is 22.9 Å². The summed E-state index contributed by atoms with van der Waals surface area (Å²) in [6.45, 7) is 10.9. The molecule has 234 valence electrons. The summed E-state index contributed by atoms with van der Waals surface area (Å²) < 4.78 is 11.9. The highest BCUT2D eigenvalue weighted by Crippen LogP contribution is 2.24. The fraction of sp³-hybridized carbons (Fsp3) is 0.324.